The monoisotopic (exact) mass is 525 g/mol. The molecule has 0 unspecified atom stereocenters. The summed E-state index contributed by atoms with van der Waals surface area (Å²) in [5.41, 5.74) is 3.20. The van der Waals surface area contributed by atoms with Crippen LogP contribution in [0.15, 0.2) is 78.9 Å². The van der Waals surface area contributed by atoms with Gasteiger partial charge in [0.25, 0.3) is 11.8 Å². The lowest BCUT2D eigenvalue weighted by Gasteiger charge is -2.44. The highest BCUT2D eigenvalue weighted by Gasteiger charge is 2.54. The number of hydrogen-bond acceptors (Lipinski definition) is 4. The molecule has 2 aliphatic rings. The first-order valence-corrected chi connectivity index (χ1v) is 13.5. The summed E-state index contributed by atoms with van der Waals surface area (Å²) in [5, 5.41) is 3.08. The number of ether oxygens (including phenoxy) is 1. The second kappa shape index (κ2) is 11.0. The summed E-state index contributed by atoms with van der Waals surface area (Å²) in [6.07, 6.45) is 0.862. The molecule has 0 radical (unpaired) electrons. The number of benzene rings is 3. The standard InChI is InChI=1S/C32H35N3O4/c1-22-13-15-26(16-14-22)30(37)35-28(29(36)33-24(3)25-10-5-4-6-11-25)21-39-32(35)17-19-34(20-18-32)31(38)27-12-8-7-9-23(27)2/h4-16,24,28H,17-21H2,1-3H3,(H,33,36)/t24-,28+/m0/s1. The molecule has 3 amide bonds. The average molecular weight is 526 g/mol. The minimum Gasteiger partial charge on any atom is -0.353 e. The van der Waals surface area contributed by atoms with Gasteiger partial charge in [-0.15, -0.1) is 0 Å². The van der Waals surface area contributed by atoms with Crippen LogP contribution < -0.4 is 5.32 Å². The van der Waals surface area contributed by atoms with Crippen molar-refractivity contribution < 1.29 is 19.1 Å². The first-order chi connectivity index (χ1) is 18.8. The molecule has 5 rings (SSSR count). The Kier molecular flexibility index (Phi) is 7.53. The van der Waals surface area contributed by atoms with Crippen molar-refractivity contribution in [1.82, 2.24) is 15.1 Å². The number of carbonyl (C=O) groups is 3. The summed E-state index contributed by atoms with van der Waals surface area (Å²) >= 11 is 0. The summed E-state index contributed by atoms with van der Waals surface area (Å²) < 4.78 is 6.35. The fourth-order valence-corrected chi connectivity index (χ4v) is 5.58. The lowest BCUT2D eigenvalue weighted by Crippen LogP contribution is -2.60. The Morgan fingerprint density at radius 3 is 2.18 bits per heavy atom. The molecule has 3 aromatic rings. The molecule has 202 valence electrons. The summed E-state index contributed by atoms with van der Waals surface area (Å²) in [5.74, 6) is -0.510. The average Bonchev–Trinajstić information content (AvgIpc) is 3.32. The van der Waals surface area contributed by atoms with E-state index in [0.29, 0.717) is 37.1 Å². The van der Waals surface area contributed by atoms with E-state index in [2.05, 4.69) is 5.32 Å². The van der Waals surface area contributed by atoms with Crippen LogP contribution in [0.25, 0.3) is 0 Å². The maximum absolute atomic E-state index is 14.0. The summed E-state index contributed by atoms with van der Waals surface area (Å²) in [6.45, 7) is 6.80. The van der Waals surface area contributed by atoms with Crippen molar-refractivity contribution in [1.29, 1.82) is 0 Å². The van der Waals surface area contributed by atoms with E-state index in [0.717, 1.165) is 16.7 Å². The lowest BCUT2D eigenvalue weighted by molar-refractivity contribution is -0.128. The van der Waals surface area contributed by atoms with Crippen LogP contribution in [0.5, 0.6) is 0 Å². The maximum Gasteiger partial charge on any atom is 0.256 e. The van der Waals surface area contributed by atoms with Gasteiger partial charge in [-0.3, -0.25) is 19.3 Å². The van der Waals surface area contributed by atoms with Crippen molar-refractivity contribution in [2.75, 3.05) is 19.7 Å². The second-order valence-corrected chi connectivity index (χ2v) is 10.6. The first kappa shape index (κ1) is 26.6. The highest BCUT2D eigenvalue weighted by molar-refractivity contribution is 5.99. The Morgan fingerprint density at radius 1 is 0.872 bits per heavy atom. The van der Waals surface area contributed by atoms with Crippen LogP contribution in [0.1, 0.15) is 63.2 Å². The van der Waals surface area contributed by atoms with E-state index < -0.39 is 11.8 Å². The molecule has 1 N–H and O–H groups in total. The summed E-state index contributed by atoms with van der Waals surface area (Å²) in [6, 6.07) is 23.7. The van der Waals surface area contributed by atoms with Gasteiger partial charge in [-0.2, -0.15) is 0 Å². The van der Waals surface area contributed by atoms with E-state index in [9.17, 15) is 14.4 Å². The highest BCUT2D eigenvalue weighted by atomic mass is 16.5. The van der Waals surface area contributed by atoms with E-state index >= 15 is 0 Å². The van der Waals surface area contributed by atoms with E-state index in [1.807, 2.05) is 92.4 Å². The van der Waals surface area contributed by atoms with Crippen LogP contribution in [0, 0.1) is 13.8 Å². The van der Waals surface area contributed by atoms with E-state index in [-0.39, 0.29) is 30.4 Å². The Morgan fingerprint density at radius 2 is 1.51 bits per heavy atom. The van der Waals surface area contributed by atoms with Crippen molar-refractivity contribution in [3.63, 3.8) is 0 Å². The molecule has 1 spiro atoms. The number of piperidine rings is 1. The van der Waals surface area contributed by atoms with Gasteiger partial charge in [0.1, 0.15) is 11.8 Å². The van der Waals surface area contributed by atoms with Crippen LogP contribution >= 0.6 is 0 Å². The molecule has 0 aromatic heterocycles. The molecule has 3 aromatic carbocycles. The SMILES string of the molecule is Cc1ccc(C(=O)N2[C@@H](C(=O)N[C@@H](C)c3ccccc3)COC23CCN(C(=O)c2ccccc2C)CC3)cc1. The minimum atomic E-state index is -0.956. The zero-order valence-corrected chi connectivity index (χ0v) is 22.7. The second-order valence-electron chi connectivity index (χ2n) is 10.6. The third-order valence-corrected chi connectivity index (χ3v) is 7.95. The smallest absolute Gasteiger partial charge is 0.256 e. The minimum absolute atomic E-state index is 0.0247. The van der Waals surface area contributed by atoms with Crippen molar-refractivity contribution in [2.45, 2.75) is 51.4 Å². The van der Waals surface area contributed by atoms with E-state index in [1.54, 1.807) is 17.0 Å². The topological polar surface area (TPSA) is 79.0 Å². The molecule has 2 heterocycles. The quantitative estimate of drug-likeness (QED) is 0.526. The predicted octanol–water partition coefficient (Wildman–Crippen LogP) is 4.65. The van der Waals surface area contributed by atoms with E-state index in [4.69, 9.17) is 4.74 Å². The zero-order chi connectivity index (χ0) is 27.6. The fraction of sp³-hybridized carbons (Fsp3) is 0.344. The number of aryl methyl sites for hydroxylation is 2. The molecule has 0 bridgehead atoms. The van der Waals surface area contributed by atoms with Crippen molar-refractivity contribution in [3.8, 4) is 0 Å². The summed E-state index contributed by atoms with van der Waals surface area (Å²) in [4.78, 5) is 44.3. The third kappa shape index (κ3) is 5.32. The van der Waals surface area contributed by atoms with Crippen LogP contribution in [-0.4, -0.2) is 59.0 Å². The largest absolute Gasteiger partial charge is 0.353 e. The molecule has 7 nitrogen and oxygen atoms in total. The van der Waals surface area contributed by atoms with Crippen molar-refractivity contribution in [2.24, 2.45) is 0 Å². The van der Waals surface area contributed by atoms with Gasteiger partial charge in [0, 0.05) is 37.1 Å². The fourth-order valence-electron chi connectivity index (χ4n) is 5.58. The molecule has 39 heavy (non-hydrogen) atoms. The summed E-state index contributed by atoms with van der Waals surface area (Å²) in [7, 11) is 0. The number of carbonyl (C=O) groups excluding carboxylic acids is 3. The molecular formula is C32H35N3O4. The number of nitrogens with zero attached hydrogens (tertiary/aromatic N) is 2. The highest BCUT2D eigenvalue weighted by Crippen LogP contribution is 2.39. The molecular weight excluding hydrogens is 490 g/mol. The third-order valence-electron chi connectivity index (χ3n) is 7.95. The van der Waals surface area contributed by atoms with Gasteiger partial charge < -0.3 is 15.0 Å². The molecule has 0 saturated carbocycles. The molecule has 2 atom stereocenters. The maximum atomic E-state index is 14.0. The van der Waals surface area contributed by atoms with Gasteiger partial charge >= 0.3 is 0 Å². The first-order valence-electron chi connectivity index (χ1n) is 13.5. The van der Waals surface area contributed by atoms with Crippen LogP contribution in [-0.2, 0) is 9.53 Å². The molecule has 2 saturated heterocycles. The number of hydrogen-bond donors (Lipinski definition) is 1. The molecule has 7 heteroatoms. The van der Waals surface area contributed by atoms with Crippen LogP contribution in [0.3, 0.4) is 0 Å². The number of rotatable bonds is 5. The normalized spacial score (nSPS) is 19.1. The lowest BCUT2D eigenvalue weighted by atomic mass is 9.95. The van der Waals surface area contributed by atoms with Gasteiger partial charge in [0.15, 0.2) is 0 Å². The van der Waals surface area contributed by atoms with E-state index in [1.165, 1.54) is 0 Å². The van der Waals surface area contributed by atoms with Gasteiger partial charge in [-0.05, 0) is 50.1 Å². The number of nitrogens with one attached hydrogen (secondary N) is 1. The molecule has 0 aliphatic carbocycles. The van der Waals surface area contributed by atoms with Crippen molar-refractivity contribution >= 4 is 17.7 Å². The van der Waals surface area contributed by atoms with Gasteiger partial charge in [0.05, 0.1) is 12.6 Å². The number of amides is 3. The van der Waals surface area contributed by atoms with Gasteiger partial charge in [-0.25, -0.2) is 0 Å². The Hall–Kier alpha value is -3.97. The predicted molar refractivity (Wildman–Crippen MR) is 149 cm³/mol. The Balaban J connectivity index is 1.38. The Bertz CT molecular complexity index is 1350. The molecule has 2 aliphatic heterocycles. The van der Waals surface area contributed by atoms with Crippen molar-refractivity contribution in [3.05, 3.63) is 107 Å². The van der Waals surface area contributed by atoms with Gasteiger partial charge in [0.2, 0.25) is 5.91 Å². The zero-order valence-electron chi connectivity index (χ0n) is 22.7. The van der Waals surface area contributed by atoms with Crippen LogP contribution in [0.2, 0.25) is 0 Å². The molecule has 2 fully saturated rings. The van der Waals surface area contributed by atoms with Crippen LogP contribution in [0.4, 0.5) is 0 Å². The van der Waals surface area contributed by atoms with Gasteiger partial charge in [-0.1, -0.05) is 66.2 Å². The number of likely N-dealkylation sites (tertiary alicyclic amines) is 1. The Labute approximate surface area is 229 Å².